The summed E-state index contributed by atoms with van der Waals surface area (Å²) in [6.45, 7) is 4.16. The van der Waals surface area contributed by atoms with Crippen molar-refractivity contribution >= 4 is 11.9 Å². The highest BCUT2D eigenvalue weighted by Crippen LogP contribution is 2.20. The predicted molar refractivity (Wildman–Crippen MR) is 88.5 cm³/mol. The van der Waals surface area contributed by atoms with Crippen LogP contribution < -0.4 is 5.32 Å². The van der Waals surface area contributed by atoms with Gasteiger partial charge in [0, 0.05) is 25.6 Å². The summed E-state index contributed by atoms with van der Waals surface area (Å²) in [6.07, 6.45) is 5.16. The number of carboxylic acid groups (broad SMARTS) is 1. The zero-order chi connectivity index (χ0) is 17.1. The molecule has 2 heterocycles. The number of hydrogen-bond acceptors (Lipinski definition) is 4. The van der Waals surface area contributed by atoms with E-state index in [0.29, 0.717) is 19.0 Å². The molecule has 0 saturated heterocycles. The quantitative estimate of drug-likeness (QED) is 0.815. The van der Waals surface area contributed by atoms with Crippen molar-refractivity contribution in [2.75, 3.05) is 6.54 Å². The number of nitrogens with zero attached hydrogens (tertiary/aromatic N) is 3. The number of hydrogen-bond donors (Lipinski definition) is 2. The fourth-order valence-corrected chi connectivity index (χ4v) is 3.59. The Morgan fingerprint density at radius 3 is 2.83 bits per heavy atom. The maximum Gasteiger partial charge on any atom is 0.303 e. The first-order chi connectivity index (χ1) is 11.5. The van der Waals surface area contributed by atoms with Gasteiger partial charge in [0.25, 0.3) is 0 Å². The lowest BCUT2D eigenvalue weighted by Gasteiger charge is -2.32. The van der Waals surface area contributed by atoms with Crippen molar-refractivity contribution in [3.63, 3.8) is 0 Å². The third-order valence-electron chi connectivity index (χ3n) is 5.10. The molecule has 24 heavy (non-hydrogen) atoms. The van der Waals surface area contributed by atoms with Crippen molar-refractivity contribution in [1.82, 2.24) is 20.0 Å². The molecule has 1 saturated carbocycles. The third kappa shape index (κ3) is 3.95. The SMILES string of the molecule is C[C@@H](C(=O)NC1CCCC1)N1CCn2nc(CCC(=O)O)cc2C1. The van der Waals surface area contributed by atoms with Gasteiger partial charge >= 0.3 is 5.97 Å². The first-order valence-corrected chi connectivity index (χ1v) is 8.85. The van der Waals surface area contributed by atoms with Gasteiger partial charge in [-0.05, 0) is 25.8 Å². The number of aromatic nitrogens is 2. The standard InChI is InChI=1S/C17H26N4O3/c1-12(17(24)18-13-4-2-3-5-13)20-8-9-21-15(11-20)10-14(19-21)6-7-16(22)23/h10,12-13H,2-9,11H2,1H3,(H,18,24)(H,22,23)/t12-/m0/s1. The molecule has 1 aliphatic carbocycles. The molecule has 1 fully saturated rings. The molecule has 0 radical (unpaired) electrons. The van der Waals surface area contributed by atoms with E-state index in [4.69, 9.17) is 5.11 Å². The molecule has 1 atom stereocenters. The summed E-state index contributed by atoms with van der Waals surface area (Å²) in [6, 6.07) is 2.16. The zero-order valence-electron chi connectivity index (χ0n) is 14.2. The molecule has 1 aromatic heterocycles. The molecule has 1 amide bonds. The molecular formula is C17H26N4O3. The highest BCUT2D eigenvalue weighted by molar-refractivity contribution is 5.81. The van der Waals surface area contributed by atoms with Crippen molar-refractivity contribution < 1.29 is 14.7 Å². The number of aryl methyl sites for hydroxylation is 1. The van der Waals surface area contributed by atoms with Crippen molar-refractivity contribution in [2.45, 2.75) is 70.6 Å². The highest BCUT2D eigenvalue weighted by Gasteiger charge is 2.28. The van der Waals surface area contributed by atoms with E-state index in [1.807, 2.05) is 17.7 Å². The van der Waals surface area contributed by atoms with Gasteiger partial charge in [-0.1, -0.05) is 12.8 Å². The van der Waals surface area contributed by atoms with Crippen LogP contribution in [-0.2, 0) is 29.1 Å². The van der Waals surface area contributed by atoms with Crippen molar-refractivity contribution in [3.8, 4) is 0 Å². The minimum Gasteiger partial charge on any atom is -0.481 e. The largest absolute Gasteiger partial charge is 0.481 e. The number of carbonyl (C=O) groups excluding carboxylic acids is 1. The fourth-order valence-electron chi connectivity index (χ4n) is 3.59. The summed E-state index contributed by atoms with van der Waals surface area (Å²) in [5.41, 5.74) is 1.87. The highest BCUT2D eigenvalue weighted by atomic mass is 16.4. The lowest BCUT2D eigenvalue weighted by atomic mass is 10.1. The normalized spacial score (nSPS) is 19.9. The van der Waals surface area contributed by atoms with Crippen LogP contribution >= 0.6 is 0 Å². The maximum atomic E-state index is 12.5. The number of carboxylic acids is 1. The monoisotopic (exact) mass is 334 g/mol. The number of nitrogens with one attached hydrogen (secondary N) is 1. The van der Waals surface area contributed by atoms with Gasteiger partial charge in [-0.15, -0.1) is 0 Å². The molecule has 0 spiro atoms. The van der Waals surface area contributed by atoms with Gasteiger partial charge in [-0.2, -0.15) is 5.10 Å². The second kappa shape index (κ2) is 7.34. The van der Waals surface area contributed by atoms with E-state index in [-0.39, 0.29) is 18.4 Å². The summed E-state index contributed by atoms with van der Waals surface area (Å²) in [4.78, 5) is 25.3. The van der Waals surface area contributed by atoms with Crippen LogP contribution in [0.15, 0.2) is 6.07 Å². The number of carbonyl (C=O) groups is 2. The Balaban J connectivity index is 1.57. The molecular weight excluding hydrogens is 308 g/mol. The number of amides is 1. The number of aliphatic carboxylic acids is 1. The van der Waals surface area contributed by atoms with Gasteiger partial charge in [0.2, 0.25) is 5.91 Å². The van der Waals surface area contributed by atoms with E-state index in [0.717, 1.165) is 37.3 Å². The summed E-state index contributed by atoms with van der Waals surface area (Å²) >= 11 is 0. The second-order valence-electron chi connectivity index (χ2n) is 6.88. The average Bonchev–Trinajstić information content (AvgIpc) is 3.20. The molecule has 3 rings (SSSR count). The van der Waals surface area contributed by atoms with Gasteiger partial charge in [-0.3, -0.25) is 19.2 Å². The summed E-state index contributed by atoms with van der Waals surface area (Å²) in [5, 5.41) is 16.4. The minimum absolute atomic E-state index is 0.0976. The molecule has 7 nitrogen and oxygen atoms in total. The van der Waals surface area contributed by atoms with E-state index < -0.39 is 5.97 Å². The van der Waals surface area contributed by atoms with Gasteiger partial charge in [-0.25, -0.2) is 0 Å². The molecule has 7 heteroatoms. The Morgan fingerprint density at radius 1 is 1.38 bits per heavy atom. The first kappa shape index (κ1) is 17.0. The fraction of sp³-hybridized carbons (Fsp3) is 0.706. The molecule has 2 N–H and O–H groups in total. The van der Waals surface area contributed by atoms with Crippen LogP contribution in [0.1, 0.15) is 50.4 Å². The van der Waals surface area contributed by atoms with Crippen LogP contribution in [0.2, 0.25) is 0 Å². The number of fused-ring (bicyclic) bond motifs is 1. The summed E-state index contributed by atoms with van der Waals surface area (Å²) in [5.74, 6) is -0.694. The van der Waals surface area contributed by atoms with Crippen LogP contribution in [0.5, 0.6) is 0 Å². The molecule has 2 aliphatic rings. The molecule has 0 unspecified atom stereocenters. The van der Waals surface area contributed by atoms with E-state index >= 15 is 0 Å². The topological polar surface area (TPSA) is 87.5 Å². The van der Waals surface area contributed by atoms with E-state index in [1.54, 1.807) is 0 Å². The molecule has 132 valence electrons. The smallest absolute Gasteiger partial charge is 0.303 e. The van der Waals surface area contributed by atoms with Crippen molar-refractivity contribution in [1.29, 1.82) is 0 Å². The van der Waals surface area contributed by atoms with E-state index in [1.165, 1.54) is 12.8 Å². The lowest BCUT2D eigenvalue weighted by molar-refractivity contribution is -0.137. The number of rotatable bonds is 6. The third-order valence-corrected chi connectivity index (χ3v) is 5.10. The Labute approximate surface area is 142 Å². The van der Waals surface area contributed by atoms with Gasteiger partial charge in [0.05, 0.1) is 30.4 Å². The Bertz CT molecular complexity index is 607. The molecule has 1 aromatic rings. The summed E-state index contributed by atoms with van der Waals surface area (Å²) < 4.78 is 1.94. The average molecular weight is 334 g/mol. The molecule has 1 aliphatic heterocycles. The second-order valence-corrected chi connectivity index (χ2v) is 6.88. The molecule has 0 bridgehead atoms. The van der Waals surface area contributed by atoms with Gasteiger partial charge in [0.1, 0.15) is 0 Å². The minimum atomic E-state index is -0.806. The van der Waals surface area contributed by atoms with E-state index in [9.17, 15) is 9.59 Å². The van der Waals surface area contributed by atoms with Gasteiger partial charge < -0.3 is 10.4 Å². The Kier molecular flexibility index (Phi) is 5.18. The van der Waals surface area contributed by atoms with Crippen molar-refractivity contribution in [3.05, 3.63) is 17.5 Å². The van der Waals surface area contributed by atoms with Crippen LogP contribution in [0.25, 0.3) is 0 Å². The zero-order valence-corrected chi connectivity index (χ0v) is 14.2. The summed E-state index contributed by atoms with van der Waals surface area (Å²) in [7, 11) is 0. The van der Waals surface area contributed by atoms with Gasteiger partial charge in [0.15, 0.2) is 0 Å². The maximum absolute atomic E-state index is 12.5. The predicted octanol–water partition coefficient (Wildman–Crippen LogP) is 1.16. The van der Waals surface area contributed by atoms with Crippen LogP contribution in [0.4, 0.5) is 0 Å². The van der Waals surface area contributed by atoms with Crippen LogP contribution in [0, 0.1) is 0 Å². The van der Waals surface area contributed by atoms with E-state index in [2.05, 4.69) is 15.3 Å². The molecule has 0 aromatic carbocycles. The first-order valence-electron chi connectivity index (χ1n) is 8.85. The Hall–Kier alpha value is -1.89. The van der Waals surface area contributed by atoms with Crippen LogP contribution in [0.3, 0.4) is 0 Å². The van der Waals surface area contributed by atoms with Crippen LogP contribution in [-0.4, -0.2) is 50.3 Å². The van der Waals surface area contributed by atoms with Crippen molar-refractivity contribution in [2.24, 2.45) is 0 Å². The Morgan fingerprint density at radius 2 is 2.12 bits per heavy atom. The lowest BCUT2D eigenvalue weighted by Crippen LogP contribution is -2.49.